The summed E-state index contributed by atoms with van der Waals surface area (Å²) in [6.45, 7) is 1.50. The molecule has 0 fully saturated rings. The number of carbonyl (C=O) groups is 2. The second-order valence-corrected chi connectivity index (χ2v) is 3.46. The summed E-state index contributed by atoms with van der Waals surface area (Å²) < 4.78 is 0. The summed E-state index contributed by atoms with van der Waals surface area (Å²) >= 11 is 1.46. The van der Waals surface area contributed by atoms with Crippen molar-refractivity contribution in [2.24, 2.45) is 0 Å². The van der Waals surface area contributed by atoms with E-state index in [9.17, 15) is 9.59 Å². The molecule has 3 nitrogen and oxygen atoms in total. The maximum atomic E-state index is 10.9. The first-order valence-corrected chi connectivity index (χ1v) is 4.48. The lowest BCUT2D eigenvalue weighted by Gasteiger charge is -1.92. The zero-order chi connectivity index (χ0) is 9.84. The highest BCUT2D eigenvalue weighted by Crippen LogP contribution is 2.13. The fourth-order valence-electron chi connectivity index (χ4n) is 0.821. The first kappa shape index (κ1) is 9.67. The van der Waals surface area contributed by atoms with E-state index in [1.807, 2.05) is 17.5 Å². The maximum Gasteiger partial charge on any atom is 0.376 e. The normalized spacial score (nSPS) is 11.3. The Balaban J connectivity index is 2.84. The lowest BCUT2D eigenvalue weighted by atomic mass is 10.2. The summed E-state index contributed by atoms with van der Waals surface area (Å²) in [5, 5.41) is 10.3. The Hall–Kier alpha value is -1.42. The van der Waals surface area contributed by atoms with E-state index in [1.165, 1.54) is 18.3 Å². The van der Waals surface area contributed by atoms with Gasteiger partial charge < -0.3 is 5.11 Å². The van der Waals surface area contributed by atoms with Gasteiger partial charge in [-0.15, -0.1) is 11.3 Å². The minimum Gasteiger partial charge on any atom is -0.475 e. The minimum absolute atomic E-state index is 0.245. The van der Waals surface area contributed by atoms with Crippen LogP contribution in [0.4, 0.5) is 0 Å². The van der Waals surface area contributed by atoms with Gasteiger partial charge in [0, 0.05) is 10.5 Å². The molecule has 1 aromatic rings. The Morgan fingerprint density at radius 1 is 1.54 bits per heavy atom. The van der Waals surface area contributed by atoms with Crippen LogP contribution in [-0.2, 0) is 9.59 Å². The molecule has 13 heavy (non-hydrogen) atoms. The Morgan fingerprint density at radius 3 is 2.69 bits per heavy atom. The van der Waals surface area contributed by atoms with E-state index in [2.05, 4.69) is 0 Å². The predicted molar refractivity (Wildman–Crippen MR) is 50.6 cm³/mol. The Morgan fingerprint density at radius 2 is 2.23 bits per heavy atom. The third-order valence-corrected chi connectivity index (χ3v) is 2.27. The van der Waals surface area contributed by atoms with E-state index in [0.717, 1.165) is 4.88 Å². The fourth-order valence-corrected chi connectivity index (χ4v) is 1.54. The van der Waals surface area contributed by atoms with Gasteiger partial charge in [-0.2, -0.15) is 0 Å². The van der Waals surface area contributed by atoms with Crippen molar-refractivity contribution in [3.05, 3.63) is 28.0 Å². The molecule has 0 aromatic carbocycles. The van der Waals surface area contributed by atoms with E-state index in [-0.39, 0.29) is 5.57 Å². The van der Waals surface area contributed by atoms with Crippen LogP contribution in [0.3, 0.4) is 0 Å². The second kappa shape index (κ2) is 4.00. The number of rotatable bonds is 3. The third-order valence-electron chi connectivity index (χ3n) is 1.45. The molecule has 4 heteroatoms. The monoisotopic (exact) mass is 196 g/mol. The van der Waals surface area contributed by atoms with Crippen LogP contribution in [0.2, 0.25) is 0 Å². The number of carbonyl (C=O) groups excluding carboxylic acids is 1. The molecule has 1 heterocycles. The standard InChI is InChI=1S/C9H8O3S/c1-6(8(10)9(11)12)5-7-3-2-4-13-7/h2-5H,1H3,(H,11,12)/b6-5+. The maximum absolute atomic E-state index is 10.9. The molecular weight excluding hydrogens is 188 g/mol. The third kappa shape index (κ3) is 2.52. The van der Waals surface area contributed by atoms with Crippen LogP contribution < -0.4 is 0 Å². The average molecular weight is 196 g/mol. The second-order valence-electron chi connectivity index (χ2n) is 2.48. The van der Waals surface area contributed by atoms with Crippen LogP contribution in [0.25, 0.3) is 6.08 Å². The summed E-state index contributed by atoms with van der Waals surface area (Å²) in [4.78, 5) is 22.1. The smallest absolute Gasteiger partial charge is 0.376 e. The van der Waals surface area contributed by atoms with Crippen molar-refractivity contribution >= 4 is 29.2 Å². The lowest BCUT2D eigenvalue weighted by molar-refractivity contribution is -0.147. The van der Waals surface area contributed by atoms with E-state index < -0.39 is 11.8 Å². The van der Waals surface area contributed by atoms with Crippen molar-refractivity contribution in [2.45, 2.75) is 6.92 Å². The molecule has 0 amide bonds. The van der Waals surface area contributed by atoms with Crippen molar-refractivity contribution in [2.75, 3.05) is 0 Å². The van der Waals surface area contributed by atoms with Gasteiger partial charge in [0.1, 0.15) is 0 Å². The van der Waals surface area contributed by atoms with Gasteiger partial charge in [0.15, 0.2) is 0 Å². The van der Waals surface area contributed by atoms with Crippen LogP contribution in [-0.4, -0.2) is 16.9 Å². The molecule has 1 N–H and O–H groups in total. The van der Waals surface area contributed by atoms with Gasteiger partial charge in [-0.25, -0.2) is 4.79 Å². The predicted octanol–water partition coefficient (Wildman–Crippen LogP) is 1.81. The summed E-state index contributed by atoms with van der Waals surface area (Å²) in [6.07, 6.45) is 1.57. The SMILES string of the molecule is C/C(=C\c1cccs1)C(=O)C(=O)O. The molecule has 0 saturated heterocycles. The molecule has 68 valence electrons. The average Bonchev–Trinajstić information content (AvgIpc) is 2.55. The van der Waals surface area contributed by atoms with Gasteiger partial charge in [0.05, 0.1) is 0 Å². The lowest BCUT2D eigenvalue weighted by Crippen LogP contribution is -2.12. The zero-order valence-corrected chi connectivity index (χ0v) is 7.80. The number of ketones is 1. The highest BCUT2D eigenvalue weighted by atomic mass is 32.1. The fraction of sp³-hybridized carbons (Fsp3) is 0.111. The van der Waals surface area contributed by atoms with Gasteiger partial charge in [-0.1, -0.05) is 6.07 Å². The van der Waals surface area contributed by atoms with Crippen molar-refractivity contribution in [1.82, 2.24) is 0 Å². The van der Waals surface area contributed by atoms with E-state index in [4.69, 9.17) is 5.11 Å². The Labute approximate surface area is 79.3 Å². The topological polar surface area (TPSA) is 54.4 Å². The molecule has 1 aromatic heterocycles. The van der Waals surface area contributed by atoms with Gasteiger partial charge in [-0.3, -0.25) is 4.79 Å². The van der Waals surface area contributed by atoms with Gasteiger partial charge in [0.2, 0.25) is 0 Å². The summed E-state index contributed by atoms with van der Waals surface area (Å²) in [6, 6.07) is 3.67. The van der Waals surface area contributed by atoms with Crippen LogP contribution in [0, 0.1) is 0 Å². The van der Waals surface area contributed by atoms with Crippen LogP contribution >= 0.6 is 11.3 Å². The molecule has 0 aliphatic heterocycles. The Bertz CT molecular complexity index is 349. The molecule has 0 unspecified atom stereocenters. The zero-order valence-electron chi connectivity index (χ0n) is 6.98. The molecule has 0 bridgehead atoms. The van der Waals surface area contributed by atoms with Crippen molar-refractivity contribution in [3.63, 3.8) is 0 Å². The highest BCUT2D eigenvalue weighted by molar-refractivity contribution is 7.10. The largest absolute Gasteiger partial charge is 0.475 e. The molecule has 0 aliphatic carbocycles. The van der Waals surface area contributed by atoms with Gasteiger partial charge in [-0.05, 0) is 24.4 Å². The molecular formula is C9H8O3S. The van der Waals surface area contributed by atoms with E-state index in [0.29, 0.717) is 0 Å². The number of hydrogen-bond donors (Lipinski definition) is 1. The van der Waals surface area contributed by atoms with Crippen molar-refractivity contribution in [3.8, 4) is 0 Å². The Kier molecular flexibility index (Phi) is 2.97. The number of carboxylic acid groups (broad SMARTS) is 1. The molecule has 0 aliphatic rings. The molecule has 0 spiro atoms. The van der Waals surface area contributed by atoms with Gasteiger partial charge in [0.25, 0.3) is 5.78 Å². The highest BCUT2D eigenvalue weighted by Gasteiger charge is 2.12. The molecule has 0 atom stereocenters. The number of thiophene rings is 1. The quantitative estimate of drug-likeness (QED) is 0.592. The molecule has 0 saturated carbocycles. The first-order chi connectivity index (χ1) is 6.11. The van der Waals surface area contributed by atoms with E-state index >= 15 is 0 Å². The summed E-state index contributed by atoms with van der Waals surface area (Å²) in [7, 11) is 0. The number of carboxylic acids is 1. The number of hydrogen-bond acceptors (Lipinski definition) is 3. The first-order valence-electron chi connectivity index (χ1n) is 3.60. The van der Waals surface area contributed by atoms with Crippen LogP contribution in [0.15, 0.2) is 23.1 Å². The summed E-state index contributed by atoms with van der Waals surface area (Å²) in [5.41, 5.74) is 0.245. The van der Waals surface area contributed by atoms with Crippen LogP contribution in [0.5, 0.6) is 0 Å². The minimum atomic E-state index is -1.41. The van der Waals surface area contributed by atoms with E-state index in [1.54, 1.807) is 6.08 Å². The van der Waals surface area contributed by atoms with Crippen molar-refractivity contribution in [1.29, 1.82) is 0 Å². The molecule has 1 rings (SSSR count). The number of aliphatic carboxylic acids is 1. The van der Waals surface area contributed by atoms with Gasteiger partial charge >= 0.3 is 5.97 Å². The van der Waals surface area contributed by atoms with Crippen molar-refractivity contribution < 1.29 is 14.7 Å². The number of Topliss-reactive ketones (excluding diaryl/α,β-unsaturated/α-hetero) is 1. The summed E-state index contributed by atoms with van der Waals surface area (Å²) in [5.74, 6) is -2.27. The van der Waals surface area contributed by atoms with Crippen LogP contribution in [0.1, 0.15) is 11.8 Å². The molecule has 0 radical (unpaired) electrons.